The van der Waals surface area contributed by atoms with Crippen LogP contribution in [0, 0.1) is 6.92 Å². The number of allylic oxidation sites excluding steroid dienone is 1. The van der Waals surface area contributed by atoms with E-state index < -0.39 is 17.7 Å². The Labute approximate surface area is 194 Å². The number of hydrogen-bond donors (Lipinski definition) is 1. The van der Waals surface area contributed by atoms with Crippen molar-refractivity contribution in [2.45, 2.75) is 19.4 Å². The Hall–Kier alpha value is -3.22. The summed E-state index contributed by atoms with van der Waals surface area (Å²) in [4.78, 5) is 30.2. The molecule has 0 saturated carbocycles. The Bertz CT molecular complexity index is 1040. The molecule has 1 N–H and O–H groups in total. The molecular formula is C27H30N2O4. The monoisotopic (exact) mass is 446 g/mol. The number of carbonyl (C=O) groups excluding carboxylic acids is 2. The van der Waals surface area contributed by atoms with E-state index in [1.54, 1.807) is 11.0 Å². The predicted molar refractivity (Wildman–Crippen MR) is 128 cm³/mol. The van der Waals surface area contributed by atoms with Crippen molar-refractivity contribution in [1.82, 2.24) is 9.80 Å². The summed E-state index contributed by atoms with van der Waals surface area (Å²) in [6.07, 6.45) is 3.90. The minimum Gasteiger partial charge on any atom is -0.503 e. The molecule has 4 rings (SSSR count). The summed E-state index contributed by atoms with van der Waals surface area (Å²) in [6.45, 7) is 6.50. The van der Waals surface area contributed by atoms with Crippen LogP contribution in [0.25, 0.3) is 6.08 Å². The van der Waals surface area contributed by atoms with Gasteiger partial charge in [0.15, 0.2) is 11.5 Å². The molecule has 0 spiro atoms. The number of aliphatic hydroxyl groups is 1. The van der Waals surface area contributed by atoms with Crippen LogP contribution >= 0.6 is 0 Å². The predicted octanol–water partition coefficient (Wildman–Crippen LogP) is 3.70. The van der Waals surface area contributed by atoms with Crippen LogP contribution in [0.15, 0.2) is 72.0 Å². The number of benzene rings is 2. The maximum atomic E-state index is 13.2. The highest BCUT2D eigenvalue weighted by atomic mass is 16.5. The minimum absolute atomic E-state index is 0.141. The lowest BCUT2D eigenvalue weighted by Crippen LogP contribution is -2.39. The van der Waals surface area contributed by atoms with Crippen LogP contribution in [0.2, 0.25) is 0 Å². The summed E-state index contributed by atoms with van der Waals surface area (Å²) in [5, 5.41) is 10.7. The van der Waals surface area contributed by atoms with Gasteiger partial charge >= 0.3 is 0 Å². The van der Waals surface area contributed by atoms with Gasteiger partial charge in [0, 0.05) is 26.2 Å². The number of morpholine rings is 1. The van der Waals surface area contributed by atoms with Gasteiger partial charge in [-0.15, -0.1) is 0 Å². The normalized spacial score (nSPS) is 19.6. The SMILES string of the molecule is Cc1ccc([C@@H]2C(C(=O)/C=C/c3ccccc3)=C(O)C(=O)N2CCCN2CCOCC2)cc1. The summed E-state index contributed by atoms with van der Waals surface area (Å²) >= 11 is 0. The van der Waals surface area contributed by atoms with Crippen molar-refractivity contribution >= 4 is 17.8 Å². The van der Waals surface area contributed by atoms with E-state index in [4.69, 9.17) is 4.74 Å². The molecule has 1 atom stereocenters. The Morgan fingerprint density at radius 2 is 1.76 bits per heavy atom. The summed E-state index contributed by atoms with van der Waals surface area (Å²) in [5.74, 6) is -1.29. The molecule has 2 aliphatic heterocycles. The van der Waals surface area contributed by atoms with Crippen LogP contribution in [0.3, 0.4) is 0 Å². The molecule has 172 valence electrons. The van der Waals surface area contributed by atoms with Crippen molar-refractivity contribution in [1.29, 1.82) is 0 Å². The number of hydrogen-bond acceptors (Lipinski definition) is 5. The van der Waals surface area contributed by atoms with E-state index in [0.29, 0.717) is 6.54 Å². The molecule has 1 saturated heterocycles. The van der Waals surface area contributed by atoms with Gasteiger partial charge < -0.3 is 14.7 Å². The van der Waals surface area contributed by atoms with Gasteiger partial charge in [0.1, 0.15) is 0 Å². The van der Waals surface area contributed by atoms with E-state index in [-0.39, 0.29) is 11.4 Å². The molecule has 0 unspecified atom stereocenters. The standard InChI is InChI=1S/C27H30N2O4/c1-20-8-11-22(12-9-20)25-24(23(30)13-10-21-6-3-2-4-7-21)26(31)27(32)29(25)15-5-14-28-16-18-33-19-17-28/h2-4,6-13,25,31H,5,14-19H2,1H3/b13-10+/t25-/m1/s1. The fraction of sp³-hybridized carbons (Fsp3) is 0.333. The van der Waals surface area contributed by atoms with Crippen molar-refractivity contribution in [3.8, 4) is 0 Å². The number of aliphatic hydroxyl groups excluding tert-OH is 1. The first-order chi connectivity index (χ1) is 16.0. The zero-order valence-corrected chi connectivity index (χ0v) is 18.9. The van der Waals surface area contributed by atoms with Gasteiger partial charge in [0.25, 0.3) is 5.91 Å². The molecule has 1 amide bonds. The summed E-state index contributed by atoms with van der Waals surface area (Å²) in [5.41, 5.74) is 2.93. The quantitative estimate of drug-likeness (QED) is 0.627. The molecule has 0 radical (unpaired) electrons. The van der Waals surface area contributed by atoms with Gasteiger partial charge in [-0.1, -0.05) is 66.2 Å². The lowest BCUT2D eigenvalue weighted by Gasteiger charge is -2.30. The number of ether oxygens (including phenoxy) is 1. The Morgan fingerprint density at radius 1 is 1.06 bits per heavy atom. The van der Waals surface area contributed by atoms with Gasteiger partial charge in [-0.25, -0.2) is 0 Å². The summed E-state index contributed by atoms with van der Waals surface area (Å²) < 4.78 is 5.40. The zero-order chi connectivity index (χ0) is 23.2. The molecular weight excluding hydrogens is 416 g/mol. The van der Waals surface area contributed by atoms with E-state index in [9.17, 15) is 14.7 Å². The summed E-state index contributed by atoms with van der Waals surface area (Å²) in [7, 11) is 0. The molecule has 6 heteroatoms. The third-order valence-electron chi connectivity index (χ3n) is 6.17. The molecule has 2 aliphatic rings. The third-order valence-corrected chi connectivity index (χ3v) is 6.17. The smallest absolute Gasteiger partial charge is 0.290 e. The first kappa shape index (κ1) is 23.0. The molecule has 0 aromatic heterocycles. The molecule has 0 bridgehead atoms. The van der Waals surface area contributed by atoms with Gasteiger partial charge in [0.05, 0.1) is 24.8 Å². The second kappa shape index (κ2) is 10.6. The van der Waals surface area contributed by atoms with Crippen molar-refractivity contribution in [3.05, 3.63) is 88.7 Å². The van der Waals surface area contributed by atoms with Crippen molar-refractivity contribution in [3.63, 3.8) is 0 Å². The molecule has 6 nitrogen and oxygen atoms in total. The van der Waals surface area contributed by atoms with Crippen LogP contribution in [0.5, 0.6) is 0 Å². The number of aryl methyl sites for hydroxylation is 1. The number of amides is 1. The fourth-order valence-corrected chi connectivity index (χ4v) is 4.35. The second-order valence-corrected chi connectivity index (χ2v) is 8.49. The molecule has 2 aromatic carbocycles. The van der Waals surface area contributed by atoms with Crippen LogP contribution in [0.1, 0.15) is 29.2 Å². The van der Waals surface area contributed by atoms with E-state index in [1.165, 1.54) is 6.08 Å². The largest absolute Gasteiger partial charge is 0.503 e. The number of carbonyl (C=O) groups is 2. The van der Waals surface area contributed by atoms with Crippen LogP contribution in [-0.2, 0) is 14.3 Å². The average Bonchev–Trinajstić information content (AvgIpc) is 3.09. The van der Waals surface area contributed by atoms with E-state index in [2.05, 4.69) is 4.90 Å². The second-order valence-electron chi connectivity index (χ2n) is 8.49. The lowest BCUT2D eigenvalue weighted by molar-refractivity contribution is -0.129. The first-order valence-electron chi connectivity index (χ1n) is 11.4. The molecule has 0 aliphatic carbocycles. The third kappa shape index (κ3) is 5.41. The van der Waals surface area contributed by atoms with E-state index >= 15 is 0 Å². The maximum Gasteiger partial charge on any atom is 0.290 e. The number of rotatable bonds is 8. The number of ketones is 1. The highest BCUT2D eigenvalue weighted by Gasteiger charge is 2.42. The van der Waals surface area contributed by atoms with E-state index in [0.717, 1.165) is 56.0 Å². The molecule has 2 aromatic rings. The molecule has 33 heavy (non-hydrogen) atoms. The first-order valence-corrected chi connectivity index (χ1v) is 11.4. The highest BCUT2D eigenvalue weighted by molar-refractivity contribution is 6.14. The fourth-order valence-electron chi connectivity index (χ4n) is 4.35. The van der Waals surface area contributed by atoms with E-state index in [1.807, 2.05) is 61.5 Å². The molecule has 1 fully saturated rings. The van der Waals surface area contributed by atoms with Crippen LogP contribution < -0.4 is 0 Å². The van der Waals surface area contributed by atoms with Crippen LogP contribution in [0.4, 0.5) is 0 Å². The Kier molecular flexibility index (Phi) is 7.37. The lowest BCUT2D eigenvalue weighted by atomic mass is 9.95. The van der Waals surface area contributed by atoms with Gasteiger partial charge in [-0.3, -0.25) is 14.5 Å². The van der Waals surface area contributed by atoms with Crippen molar-refractivity contribution in [2.75, 3.05) is 39.4 Å². The van der Waals surface area contributed by atoms with Crippen molar-refractivity contribution < 1.29 is 19.4 Å². The maximum absolute atomic E-state index is 13.2. The zero-order valence-electron chi connectivity index (χ0n) is 18.9. The Balaban J connectivity index is 1.56. The summed E-state index contributed by atoms with van der Waals surface area (Å²) in [6, 6.07) is 16.7. The average molecular weight is 447 g/mol. The van der Waals surface area contributed by atoms with Gasteiger partial charge in [0.2, 0.25) is 0 Å². The minimum atomic E-state index is -0.601. The highest BCUT2D eigenvalue weighted by Crippen LogP contribution is 2.38. The molecule has 2 heterocycles. The number of nitrogens with zero attached hydrogens (tertiary/aromatic N) is 2. The van der Waals surface area contributed by atoms with Gasteiger partial charge in [-0.2, -0.15) is 0 Å². The van der Waals surface area contributed by atoms with Crippen LogP contribution in [-0.4, -0.2) is 66.0 Å². The van der Waals surface area contributed by atoms with Gasteiger partial charge in [-0.05, 0) is 30.5 Å². The topological polar surface area (TPSA) is 70.1 Å². The Morgan fingerprint density at radius 3 is 2.45 bits per heavy atom. The van der Waals surface area contributed by atoms with Crippen molar-refractivity contribution in [2.24, 2.45) is 0 Å².